The lowest BCUT2D eigenvalue weighted by atomic mass is 10.2. The first-order valence-corrected chi connectivity index (χ1v) is 7.94. The third kappa shape index (κ3) is 4.62. The number of hydrogen-bond donors (Lipinski definition) is 0. The fourth-order valence-electron chi connectivity index (χ4n) is 2.57. The summed E-state index contributed by atoms with van der Waals surface area (Å²) >= 11 is 0. The molecule has 6 nitrogen and oxygen atoms in total. The van der Waals surface area contributed by atoms with E-state index in [4.69, 9.17) is 9.47 Å². The Labute approximate surface area is 147 Å². The summed E-state index contributed by atoms with van der Waals surface area (Å²) in [6.45, 7) is 0.510. The number of nitrogens with zero attached hydrogens (tertiary/aromatic N) is 3. The number of carbonyl (C=O) groups excluding carboxylic acids is 1. The van der Waals surface area contributed by atoms with Crippen LogP contribution >= 0.6 is 0 Å². The molecule has 2 heterocycles. The van der Waals surface area contributed by atoms with Crippen molar-refractivity contribution in [3.8, 4) is 11.6 Å². The normalized spacial score (nSPS) is 17.2. The second kappa shape index (κ2) is 7.59. The molecule has 0 aliphatic carbocycles. The van der Waals surface area contributed by atoms with Crippen LogP contribution in [0.3, 0.4) is 0 Å². The van der Waals surface area contributed by atoms with E-state index in [2.05, 4.69) is 10.2 Å². The predicted octanol–water partition coefficient (Wildman–Crippen LogP) is 2.55. The maximum atomic E-state index is 12.7. The van der Waals surface area contributed by atoms with Crippen LogP contribution in [0.15, 0.2) is 42.6 Å². The Morgan fingerprint density at radius 3 is 2.85 bits per heavy atom. The fourth-order valence-corrected chi connectivity index (χ4v) is 2.57. The van der Waals surface area contributed by atoms with Gasteiger partial charge in [0.15, 0.2) is 6.61 Å². The number of aromatic nitrogens is 2. The van der Waals surface area contributed by atoms with Crippen LogP contribution in [-0.2, 0) is 11.0 Å². The number of hydrogen-bond acceptors (Lipinski definition) is 5. The van der Waals surface area contributed by atoms with Gasteiger partial charge in [-0.2, -0.15) is 18.3 Å². The Balaban J connectivity index is 1.50. The van der Waals surface area contributed by atoms with Crippen molar-refractivity contribution in [3.05, 3.63) is 48.2 Å². The highest BCUT2D eigenvalue weighted by atomic mass is 19.4. The van der Waals surface area contributed by atoms with Crippen molar-refractivity contribution in [3.63, 3.8) is 0 Å². The first-order chi connectivity index (χ1) is 12.4. The van der Waals surface area contributed by atoms with E-state index in [0.717, 1.165) is 12.1 Å². The van der Waals surface area contributed by atoms with E-state index < -0.39 is 11.7 Å². The van der Waals surface area contributed by atoms with Crippen molar-refractivity contribution in [1.29, 1.82) is 0 Å². The predicted molar refractivity (Wildman–Crippen MR) is 84.6 cm³/mol. The van der Waals surface area contributed by atoms with E-state index in [1.807, 2.05) is 0 Å². The molecule has 1 unspecified atom stereocenters. The minimum atomic E-state index is -4.46. The molecule has 1 atom stereocenters. The molecule has 0 saturated carbocycles. The van der Waals surface area contributed by atoms with Crippen LogP contribution in [0.25, 0.3) is 0 Å². The molecule has 1 aliphatic heterocycles. The molecule has 0 N–H and O–H groups in total. The van der Waals surface area contributed by atoms with Gasteiger partial charge in [-0.05, 0) is 24.3 Å². The number of halogens is 3. The molecule has 138 valence electrons. The van der Waals surface area contributed by atoms with Gasteiger partial charge in [0.1, 0.15) is 11.9 Å². The molecule has 1 aromatic carbocycles. The van der Waals surface area contributed by atoms with Crippen molar-refractivity contribution in [2.45, 2.75) is 18.7 Å². The van der Waals surface area contributed by atoms with Crippen LogP contribution in [0.5, 0.6) is 11.6 Å². The third-order valence-electron chi connectivity index (χ3n) is 3.86. The molecular weight excluding hydrogens is 351 g/mol. The third-order valence-corrected chi connectivity index (χ3v) is 3.86. The van der Waals surface area contributed by atoms with E-state index in [-0.39, 0.29) is 24.4 Å². The summed E-state index contributed by atoms with van der Waals surface area (Å²) in [5.41, 5.74) is -0.818. The van der Waals surface area contributed by atoms with Crippen LogP contribution < -0.4 is 9.47 Å². The maximum absolute atomic E-state index is 12.7. The largest absolute Gasteiger partial charge is 0.484 e. The van der Waals surface area contributed by atoms with Gasteiger partial charge in [-0.15, -0.1) is 5.10 Å². The summed E-state index contributed by atoms with van der Waals surface area (Å²) in [4.78, 5) is 13.7. The summed E-state index contributed by atoms with van der Waals surface area (Å²) < 4.78 is 48.9. The van der Waals surface area contributed by atoms with E-state index in [9.17, 15) is 18.0 Å². The lowest BCUT2D eigenvalue weighted by Gasteiger charge is -2.17. The quantitative estimate of drug-likeness (QED) is 0.813. The Bertz CT molecular complexity index is 756. The number of amides is 1. The van der Waals surface area contributed by atoms with Gasteiger partial charge in [0.2, 0.25) is 5.88 Å². The first kappa shape index (κ1) is 18.0. The van der Waals surface area contributed by atoms with Gasteiger partial charge in [0, 0.05) is 25.2 Å². The van der Waals surface area contributed by atoms with Crippen molar-refractivity contribution < 1.29 is 27.4 Å². The van der Waals surface area contributed by atoms with Gasteiger partial charge in [-0.3, -0.25) is 4.79 Å². The molecule has 0 radical (unpaired) electrons. The SMILES string of the molecule is O=C(COc1cccc(C(F)(F)F)c1)N1CCC(Oc2cccnn2)C1. The minimum Gasteiger partial charge on any atom is -0.484 e. The molecule has 0 spiro atoms. The zero-order valence-electron chi connectivity index (χ0n) is 13.6. The number of rotatable bonds is 5. The molecule has 0 bridgehead atoms. The molecule has 26 heavy (non-hydrogen) atoms. The van der Waals surface area contributed by atoms with Crippen molar-refractivity contribution >= 4 is 5.91 Å². The fraction of sp³-hybridized carbons (Fsp3) is 0.353. The summed E-state index contributed by atoms with van der Waals surface area (Å²) in [5.74, 6) is 0.0689. The van der Waals surface area contributed by atoms with Crippen LogP contribution in [0.2, 0.25) is 0 Å². The summed E-state index contributed by atoms with van der Waals surface area (Å²) in [6, 6.07) is 7.81. The molecule has 1 aliphatic rings. The van der Waals surface area contributed by atoms with Crippen LogP contribution in [0, 0.1) is 0 Å². The Kier molecular flexibility index (Phi) is 5.24. The van der Waals surface area contributed by atoms with E-state index >= 15 is 0 Å². The van der Waals surface area contributed by atoms with Gasteiger partial charge < -0.3 is 14.4 Å². The van der Waals surface area contributed by atoms with Crippen LogP contribution in [0.1, 0.15) is 12.0 Å². The molecule has 1 saturated heterocycles. The molecule has 3 rings (SSSR count). The van der Waals surface area contributed by atoms with Crippen LogP contribution in [-0.4, -0.2) is 46.8 Å². The Morgan fingerprint density at radius 2 is 2.12 bits per heavy atom. The molecule has 9 heteroatoms. The highest BCUT2D eigenvalue weighted by molar-refractivity contribution is 5.78. The molecule has 2 aromatic rings. The number of ether oxygens (including phenoxy) is 2. The average Bonchev–Trinajstić information content (AvgIpc) is 3.09. The second-order valence-electron chi connectivity index (χ2n) is 5.74. The Morgan fingerprint density at radius 1 is 1.27 bits per heavy atom. The lowest BCUT2D eigenvalue weighted by Crippen LogP contribution is -2.34. The number of carbonyl (C=O) groups is 1. The minimum absolute atomic E-state index is 0.000248. The monoisotopic (exact) mass is 367 g/mol. The summed E-state index contributed by atoms with van der Waals surface area (Å²) in [7, 11) is 0. The number of benzene rings is 1. The zero-order chi connectivity index (χ0) is 18.6. The average molecular weight is 367 g/mol. The summed E-state index contributed by atoms with van der Waals surface area (Å²) in [5, 5.41) is 7.54. The number of likely N-dealkylation sites (tertiary alicyclic amines) is 1. The van der Waals surface area contributed by atoms with Crippen LogP contribution in [0.4, 0.5) is 13.2 Å². The standard InChI is InChI=1S/C17H16F3N3O3/c18-17(19,20)12-3-1-4-13(9-12)25-11-16(24)23-8-6-14(10-23)26-15-5-2-7-21-22-15/h1-5,7,9,14H,6,8,10-11H2. The molecule has 1 fully saturated rings. The van der Waals surface area contributed by atoms with Crippen molar-refractivity contribution in [2.24, 2.45) is 0 Å². The van der Waals surface area contributed by atoms with Gasteiger partial charge in [-0.1, -0.05) is 6.07 Å². The first-order valence-electron chi connectivity index (χ1n) is 7.94. The van der Waals surface area contributed by atoms with E-state index in [1.54, 1.807) is 17.0 Å². The molecular formula is C17H16F3N3O3. The zero-order valence-corrected chi connectivity index (χ0v) is 13.6. The van der Waals surface area contributed by atoms with Gasteiger partial charge in [-0.25, -0.2) is 0 Å². The van der Waals surface area contributed by atoms with E-state index in [0.29, 0.717) is 25.4 Å². The van der Waals surface area contributed by atoms with Crippen molar-refractivity contribution in [1.82, 2.24) is 15.1 Å². The van der Waals surface area contributed by atoms with Gasteiger partial charge in [0.05, 0.1) is 12.1 Å². The lowest BCUT2D eigenvalue weighted by molar-refractivity contribution is -0.137. The second-order valence-corrected chi connectivity index (χ2v) is 5.74. The van der Waals surface area contributed by atoms with E-state index in [1.165, 1.54) is 18.3 Å². The maximum Gasteiger partial charge on any atom is 0.416 e. The van der Waals surface area contributed by atoms with Gasteiger partial charge in [0.25, 0.3) is 5.91 Å². The van der Waals surface area contributed by atoms with Crippen molar-refractivity contribution in [2.75, 3.05) is 19.7 Å². The van der Waals surface area contributed by atoms with Gasteiger partial charge >= 0.3 is 6.18 Å². The Hall–Kier alpha value is -2.84. The summed E-state index contributed by atoms with van der Waals surface area (Å²) in [6.07, 6.45) is -2.50. The highest BCUT2D eigenvalue weighted by Crippen LogP contribution is 2.31. The number of alkyl halides is 3. The molecule has 1 amide bonds. The molecule has 1 aromatic heterocycles. The smallest absolute Gasteiger partial charge is 0.416 e. The highest BCUT2D eigenvalue weighted by Gasteiger charge is 2.31. The topological polar surface area (TPSA) is 64.5 Å².